The molecule has 1 aliphatic heterocycles. The van der Waals surface area contributed by atoms with Gasteiger partial charge in [0.25, 0.3) is 0 Å². The summed E-state index contributed by atoms with van der Waals surface area (Å²) in [6, 6.07) is 20.5. The average Bonchev–Trinajstić information content (AvgIpc) is 2.87. The van der Waals surface area contributed by atoms with E-state index < -0.39 is 18.0 Å². The first-order valence-corrected chi connectivity index (χ1v) is 10.9. The summed E-state index contributed by atoms with van der Waals surface area (Å²) >= 11 is 6.05. The third-order valence-electron chi connectivity index (χ3n) is 5.34. The van der Waals surface area contributed by atoms with Gasteiger partial charge in [-0.05, 0) is 65.2 Å². The number of nitrogens with one attached hydrogen (secondary N) is 2. The van der Waals surface area contributed by atoms with Crippen LogP contribution in [0.5, 0.6) is 11.5 Å². The summed E-state index contributed by atoms with van der Waals surface area (Å²) in [4.78, 5) is 25.4. The Balaban J connectivity index is 1.69. The van der Waals surface area contributed by atoms with E-state index in [2.05, 4.69) is 10.6 Å². The van der Waals surface area contributed by atoms with Crippen LogP contribution in [0.4, 0.5) is 4.79 Å². The lowest BCUT2D eigenvalue weighted by Crippen LogP contribution is -2.45. The highest BCUT2D eigenvalue weighted by atomic mass is 35.5. The molecule has 1 aliphatic rings. The van der Waals surface area contributed by atoms with Crippen molar-refractivity contribution in [2.75, 3.05) is 14.2 Å². The molecule has 1 atom stereocenters. The molecule has 0 fully saturated rings. The van der Waals surface area contributed by atoms with Gasteiger partial charge in [-0.3, -0.25) is 0 Å². The molecule has 0 aliphatic carbocycles. The number of carbonyl (C=O) groups is 2. The van der Waals surface area contributed by atoms with Gasteiger partial charge in [0.2, 0.25) is 0 Å². The molecule has 7 nitrogen and oxygen atoms in total. The zero-order chi connectivity index (χ0) is 24.1. The minimum absolute atomic E-state index is 0.277. The highest BCUT2D eigenvalue weighted by molar-refractivity contribution is 6.30. The van der Waals surface area contributed by atoms with Crippen LogP contribution < -0.4 is 20.1 Å². The number of halogens is 1. The largest absolute Gasteiger partial charge is 0.497 e. The fourth-order valence-corrected chi connectivity index (χ4v) is 3.92. The van der Waals surface area contributed by atoms with Crippen molar-refractivity contribution >= 4 is 29.3 Å². The summed E-state index contributed by atoms with van der Waals surface area (Å²) in [5, 5.41) is 6.20. The molecule has 0 saturated carbocycles. The number of ether oxygens (including phenoxy) is 3. The number of benzene rings is 3. The van der Waals surface area contributed by atoms with Crippen molar-refractivity contribution < 1.29 is 23.8 Å². The van der Waals surface area contributed by atoms with Crippen molar-refractivity contribution in [2.24, 2.45) is 0 Å². The Labute approximate surface area is 202 Å². The van der Waals surface area contributed by atoms with Gasteiger partial charge in [-0.1, -0.05) is 35.9 Å². The van der Waals surface area contributed by atoms with E-state index in [1.165, 1.54) is 7.11 Å². The third-order valence-corrected chi connectivity index (χ3v) is 5.58. The smallest absolute Gasteiger partial charge is 0.338 e. The lowest BCUT2D eigenvalue weighted by Gasteiger charge is -2.29. The molecule has 0 spiro atoms. The lowest BCUT2D eigenvalue weighted by atomic mass is 9.92. The number of hydrogen-bond donors (Lipinski definition) is 2. The van der Waals surface area contributed by atoms with Gasteiger partial charge >= 0.3 is 12.0 Å². The second-order valence-corrected chi connectivity index (χ2v) is 7.97. The Morgan fingerprint density at radius 2 is 1.74 bits per heavy atom. The molecule has 0 bridgehead atoms. The SMILES string of the molecule is COC(=O)C1=C(c2ccc(OC)cc2)NC(=O)NC1c1cccc(OCc2cccc(Cl)c2)c1. The molecule has 34 heavy (non-hydrogen) atoms. The number of rotatable bonds is 7. The molecule has 0 aromatic heterocycles. The summed E-state index contributed by atoms with van der Waals surface area (Å²) < 4.78 is 16.2. The third kappa shape index (κ3) is 5.15. The summed E-state index contributed by atoms with van der Waals surface area (Å²) in [6.07, 6.45) is 0. The number of carbonyl (C=O) groups excluding carboxylic acids is 2. The maximum Gasteiger partial charge on any atom is 0.338 e. The van der Waals surface area contributed by atoms with E-state index in [9.17, 15) is 9.59 Å². The summed E-state index contributed by atoms with van der Waals surface area (Å²) in [6.45, 7) is 0.319. The Morgan fingerprint density at radius 3 is 2.44 bits per heavy atom. The Bertz CT molecular complexity index is 1240. The van der Waals surface area contributed by atoms with Gasteiger partial charge in [0, 0.05) is 5.02 Å². The van der Waals surface area contributed by atoms with Gasteiger partial charge in [-0.25, -0.2) is 9.59 Å². The standard InChI is InChI=1S/C26H23ClN2O5/c1-32-20-11-9-17(10-12-20)23-22(25(30)33-2)24(29-26(31)28-23)18-6-4-8-21(14-18)34-15-16-5-3-7-19(27)13-16/h3-14,24H,15H2,1-2H3,(H2,28,29,31). The van der Waals surface area contributed by atoms with Gasteiger partial charge in [0.15, 0.2) is 0 Å². The van der Waals surface area contributed by atoms with Gasteiger partial charge in [0.05, 0.1) is 31.5 Å². The zero-order valence-corrected chi connectivity index (χ0v) is 19.4. The van der Waals surface area contributed by atoms with Crippen molar-refractivity contribution in [1.29, 1.82) is 0 Å². The molecule has 174 valence electrons. The predicted molar refractivity (Wildman–Crippen MR) is 129 cm³/mol. The average molecular weight is 479 g/mol. The fraction of sp³-hybridized carbons (Fsp3) is 0.154. The molecule has 0 saturated heterocycles. The summed E-state index contributed by atoms with van der Waals surface area (Å²) in [5.41, 5.74) is 2.89. The Morgan fingerprint density at radius 1 is 0.971 bits per heavy atom. The molecule has 0 radical (unpaired) electrons. The van der Waals surface area contributed by atoms with Crippen LogP contribution in [0, 0.1) is 0 Å². The number of esters is 1. The van der Waals surface area contributed by atoms with Crippen molar-refractivity contribution in [3.8, 4) is 11.5 Å². The van der Waals surface area contributed by atoms with E-state index in [0.29, 0.717) is 40.0 Å². The molecule has 3 aromatic carbocycles. The Hall–Kier alpha value is -3.97. The van der Waals surface area contributed by atoms with Crippen molar-refractivity contribution in [3.63, 3.8) is 0 Å². The molecular formula is C26H23ClN2O5. The van der Waals surface area contributed by atoms with Crippen LogP contribution in [0.15, 0.2) is 78.4 Å². The monoisotopic (exact) mass is 478 g/mol. The van der Waals surface area contributed by atoms with Crippen molar-refractivity contribution in [3.05, 3.63) is 100 Å². The lowest BCUT2D eigenvalue weighted by molar-refractivity contribution is -0.136. The first-order chi connectivity index (χ1) is 16.5. The molecule has 2 N–H and O–H groups in total. The van der Waals surface area contributed by atoms with Gasteiger partial charge in [-0.2, -0.15) is 0 Å². The first-order valence-electron chi connectivity index (χ1n) is 10.5. The summed E-state index contributed by atoms with van der Waals surface area (Å²) in [5.74, 6) is 0.680. The first kappa shape index (κ1) is 23.2. The molecule has 8 heteroatoms. The van der Waals surface area contributed by atoms with E-state index in [4.69, 9.17) is 25.8 Å². The molecule has 3 aromatic rings. The van der Waals surface area contributed by atoms with Crippen molar-refractivity contribution in [2.45, 2.75) is 12.6 Å². The minimum Gasteiger partial charge on any atom is -0.497 e. The normalized spacial score (nSPS) is 15.3. The second kappa shape index (κ2) is 10.3. The minimum atomic E-state index is -0.743. The van der Waals surface area contributed by atoms with E-state index >= 15 is 0 Å². The quantitative estimate of drug-likeness (QED) is 0.473. The maximum absolute atomic E-state index is 12.9. The van der Waals surface area contributed by atoms with E-state index in [1.807, 2.05) is 30.3 Å². The van der Waals surface area contributed by atoms with E-state index in [-0.39, 0.29) is 5.57 Å². The van der Waals surface area contributed by atoms with E-state index in [0.717, 1.165) is 5.56 Å². The highest BCUT2D eigenvalue weighted by Gasteiger charge is 2.34. The van der Waals surface area contributed by atoms with Crippen LogP contribution in [0.3, 0.4) is 0 Å². The van der Waals surface area contributed by atoms with E-state index in [1.54, 1.807) is 49.6 Å². The van der Waals surface area contributed by atoms with Gasteiger partial charge in [0.1, 0.15) is 18.1 Å². The molecule has 1 heterocycles. The topological polar surface area (TPSA) is 85.9 Å². The van der Waals surface area contributed by atoms with Crippen LogP contribution >= 0.6 is 11.6 Å². The second-order valence-electron chi connectivity index (χ2n) is 7.53. The Kier molecular flexibility index (Phi) is 7.04. The van der Waals surface area contributed by atoms with Crippen molar-refractivity contribution in [1.82, 2.24) is 10.6 Å². The van der Waals surface area contributed by atoms with Crippen LogP contribution in [-0.2, 0) is 16.1 Å². The number of hydrogen-bond acceptors (Lipinski definition) is 5. The molecule has 1 unspecified atom stereocenters. The number of methoxy groups -OCH3 is 2. The highest BCUT2D eigenvalue weighted by Crippen LogP contribution is 2.33. The van der Waals surface area contributed by atoms with Crippen LogP contribution in [0.1, 0.15) is 22.7 Å². The number of urea groups is 1. The molecule has 4 rings (SSSR count). The summed E-state index contributed by atoms with van der Waals surface area (Å²) in [7, 11) is 2.87. The van der Waals surface area contributed by atoms with Gasteiger partial charge < -0.3 is 24.8 Å². The predicted octanol–water partition coefficient (Wildman–Crippen LogP) is 4.87. The van der Waals surface area contributed by atoms with Crippen LogP contribution in [-0.4, -0.2) is 26.2 Å². The maximum atomic E-state index is 12.9. The zero-order valence-electron chi connectivity index (χ0n) is 18.6. The number of amides is 2. The molecular weight excluding hydrogens is 456 g/mol. The van der Waals surface area contributed by atoms with Crippen LogP contribution in [0.2, 0.25) is 5.02 Å². The molecule has 2 amide bonds. The fourth-order valence-electron chi connectivity index (χ4n) is 3.71. The van der Waals surface area contributed by atoms with Crippen LogP contribution in [0.25, 0.3) is 5.70 Å². The van der Waals surface area contributed by atoms with Gasteiger partial charge in [-0.15, -0.1) is 0 Å².